The van der Waals surface area contributed by atoms with Gasteiger partial charge in [-0.1, -0.05) is 54.6 Å². The zero-order chi connectivity index (χ0) is 36.2. The number of benzene rings is 2. The van der Waals surface area contributed by atoms with Crippen molar-refractivity contribution in [2.45, 2.75) is 44.2 Å². The molecular weight excluding hydrogens is 685 g/mol. The number of carbonyl (C=O) groups excluding carboxylic acids is 2. The van der Waals surface area contributed by atoms with Crippen LogP contribution in [-0.4, -0.2) is 90.0 Å². The molecule has 4 heterocycles. The van der Waals surface area contributed by atoms with Crippen LogP contribution < -0.4 is 21.5 Å². The first kappa shape index (κ1) is 36.7. The molecule has 1 atom stereocenters. The fourth-order valence-corrected chi connectivity index (χ4v) is 7.92. The van der Waals surface area contributed by atoms with Crippen molar-refractivity contribution in [1.82, 2.24) is 24.6 Å². The highest BCUT2D eigenvalue weighted by Crippen LogP contribution is 2.37. The summed E-state index contributed by atoms with van der Waals surface area (Å²) in [5.41, 5.74) is 6.43. The summed E-state index contributed by atoms with van der Waals surface area (Å²) in [6.07, 6.45) is 6.97. The van der Waals surface area contributed by atoms with Gasteiger partial charge in [0.2, 0.25) is 11.8 Å². The maximum absolute atomic E-state index is 13.3. The first-order chi connectivity index (χ1) is 24.5. The molecule has 3 aliphatic heterocycles. The van der Waals surface area contributed by atoms with Crippen molar-refractivity contribution < 1.29 is 9.59 Å². The maximum atomic E-state index is 13.3. The Kier molecular flexibility index (Phi) is 11.6. The van der Waals surface area contributed by atoms with Crippen LogP contribution >= 0.6 is 23.2 Å². The molecule has 3 N–H and O–H groups in total. The van der Waals surface area contributed by atoms with Gasteiger partial charge in [-0.3, -0.25) is 24.2 Å². The van der Waals surface area contributed by atoms with E-state index in [0.29, 0.717) is 53.4 Å². The fourth-order valence-electron chi connectivity index (χ4n) is 7.41. The van der Waals surface area contributed by atoms with Gasteiger partial charge in [0.25, 0.3) is 5.56 Å². The van der Waals surface area contributed by atoms with E-state index in [1.165, 1.54) is 10.1 Å². The summed E-state index contributed by atoms with van der Waals surface area (Å²) in [6, 6.07) is 12.0. The van der Waals surface area contributed by atoms with Gasteiger partial charge in [-0.2, -0.15) is 0 Å². The van der Waals surface area contributed by atoms with Gasteiger partial charge in [-0.25, -0.2) is 0 Å². The van der Waals surface area contributed by atoms with Crippen LogP contribution in [0.3, 0.4) is 0 Å². The number of carbonyl (C=O) groups is 2. The van der Waals surface area contributed by atoms with E-state index in [4.69, 9.17) is 23.2 Å². The average molecular weight is 733 g/mol. The topological polar surface area (TPSA) is 102 Å². The number of piperidine rings is 2. The second-order valence-corrected chi connectivity index (χ2v) is 14.6. The van der Waals surface area contributed by atoms with E-state index in [0.717, 1.165) is 79.9 Å². The first-order valence-corrected chi connectivity index (χ1v) is 18.4. The molecular formula is C39H47Cl2N7O3. The highest BCUT2D eigenvalue weighted by molar-refractivity contribution is 6.36. The van der Waals surface area contributed by atoms with Gasteiger partial charge >= 0.3 is 0 Å². The number of amides is 2. The number of nitrogens with zero attached hydrogens (tertiary/aromatic N) is 4. The number of nitrogens with one attached hydrogen (secondary N) is 3. The van der Waals surface area contributed by atoms with Gasteiger partial charge in [-0.15, -0.1) is 0 Å². The number of rotatable bonds is 10. The highest BCUT2D eigenvalue weighted by atomic mass is 35.5. The second kappa shape index (κ2) is 16.1. The van der Waals surface area contributed by atoms with E-state index in [-0.39, 0.29) is 23.4 Å². The molecule has 0 aliphatic carbocycles. The van der Waals surface area contributed by atoms with E-state index in [1.54, 1.807) is 26.4 Å². The molecule has 3 saturated heterocycles. The number of piperazine rings is 1. The minimum Gasteiger partial charge on any atom is -0.383 e. The number of anilines is 2. The Morgan fingerprint density at radius 3 is 2.31 bits per heavy atom. The van der Waals surface area contributed by atoms with Gasteiger partial charge in [0.15, 0.2) is 0 Å². The van der Waals surface area contributed by atoms with Crippen LogP contribution in [0.25, 0.3) is 17.2 Å². The summed E-state index contributed by atoms with van der Waals surface area (Å²) in [5, 5.41) is 10.3. The summed E-state index contributed by atoms with van der Waals surface area (Å²) in [6.45, 7) is 13.5. The molecule has 3 fully saturated rings. The number of hydrogen-bond acceptors (Lipinski definition) is 7. The molecule has 2 amide bonds. The molecule has 0 saturated carbocycles. The molecule has 2 aromatic carbocycles. The minimum absolute atomic E-state index is 0.0248. The van der Waals surface area contributed by atoms with Gasteiger partial charge < -0.3 is 25.4 Å². The molecule has 0 spiro atoms. The normalized spacial score (nSPS) is 19.1. The number of hydrogen-bond donors (Lipinski definition) is 3. The molecule has 51 heavy (non-hydrogen) atoms. The summed E-state index contributed by atoms with van der Waals surface area (Å²) in [7, 11) is 3.41. The van der Waals surface area contributed by atoms with Crippen LogP contribution in [0.1, 0.15) is 48.3 Å². The van der Waals surface area contributed by atoms with Crippen molar-refractivity contribution in [3.05, 3.63) is 98.5 Å². The lowest BCUT2D eigenvalue weighted by Gasteiger charge is -2.37. The van der Waals surface area contributed by atoms with Crippen molar-refractivity contribution in [2.75, 3.05) is 63.5 Å². The van der Waals surface area contributed by atoms with Crippen LogP contribution in [0, 0.1) is 0 Å². The average Bonchev–Trinajstić information content (AvgIpc) is 3.12. The molecule has 0 bridgehead atoms. The van der Waals surface area contributed by atoms with Crippen molar-refractivity contribution in [2.24, 2.45) is 7.05 Å². The molecule has 1 unspecified atom stereocenters. The van der Waals surface area contributed by atoms with E-state index in [9.17, 15) is 14.4 Å². The van der Waals surface area contributed by atoms with Crippen LogP contribution in [0.4, 0.5) is 11.4 Å². The Labute approximate surface area is 310 Å². The molecule has 0 radical (unpaired) electrons. The standard InChI is InChI=1S/C39H47Cl2N7O3/c1-5-30-32(23-45(4)39(51)37(30)42-3)31-21-33(40)28(20-34(31)41)22-47-16-18-48(19-17-47)36(49)24-46-14-12-27(13-15-46)26-7-9-29(10-8-26)44-35-11-6-25(2)43-38(35)50/h5,7-10,20-21,23,27,35,42,44H,1-2,6,11-19,22,24H2,3-4H3,(H,43,50). The van der Waals surface area contributed by atoms with Gasteiger partial charge in [-0.05, 0) is 80.1 Å². The van der Waals surface area contributed by atoms with Gasteiger partial charge in [0, 0.05) is 91.1 Å². The number of aromatic nitrogens is 1. The van der Waals surface area contributed by atoms with E-state index in [1.807, 2.05) is 17.0 Å². The number of pyridine rings is 1. The third-order valence-corrected chi connectivity index (χ3v) is 11.1. The Morgan fingerprint density at radius 2 is 1.67 bits per heavy atom. The highest BCUT2D eigenvalue weighted by Gasteiger charge is 2.28. The number of aryl methyl sites for hydroxylation is 1. The van der Waals surface area contributed by atoms with Crippen molar-refractivity contribution in [3.8, 4) is 11.1 Å². The first-order valence-electron chi connectivity index (χ1n) is 17.6. The molecule has 270 valence electrons. The number of halogens is 2. The largest absolute Gasteiger partial charge is 0.383 e. The quantitative estimate of drug-likeness (QED) is 0.244. The predicted molar refractivity (Wildman–Crippen MR) is 207 cm³/mol. The zero-order valence-corrected chi connectivity index (χ0v) is 31.0. The van der Waals surface area contributed by atoms with Crippen molar-refractivity contribution >= 4 is 52.5 Å². The lowest BCUT2D eigenvalue weighted by molar-refractivity contribution is -0.134. The summed E-state index contributed by atoms with van der Waals surface area (Å²) in [5.74, 6) is 0.615. The fraction of sp³-hybridized carbons (Fsp3) is 0.410. The Morgan fingerprint density at radius 1 is 0.961 bits per heavy atom. The molecule has 3 aliphatic rings. The Hall–Kier alpha value is -4.09. The monoisotopic (exact) mass is 731 g/mol. The van der Waals surface area contributed by atoms with Crippen LogP contribution in [0.5, 0.6) is 0 Å². The minimum atomic E-state index is -0.236. The second-order valence-electron chi connectivity index (χ2n) is 13.8. The van der Waals surface area contributed by atoms with Gasteiger partial charge in [0.05, 0.1) is 6.54 Å². The van der Waals surface area contributed by atoms with Crippen molar-refractivity contribution in [3.63, 3.8) is 0 Å². The lowest BCUT2D eigenvalue weighted by atomic mass is 9.89. The summed E-state index contributed by atoms with van der Waals surface area (Å²) < 4.78 is 1.52. The molecule has 1 aromatic heterocycles. The number of likely N-dealkylation sites (tertiary alicyclic amines) is 1. The number of allylic oxidation sites excluding steroid dienone is 1. The van der Waals surface area contributed by atoms with E-state index in [2.05, 4.69) is 63.2 Å². The van der Waals surface area contributed by atoms with Crippen LogP contribution in [0.15, 0.2) is 66.2 Å². The van der Waals surface area contributed by atoms with Gasteiger partial charge in [0.1, 0.15) is 11.7 Å². The third kappa shape index (κ3) is 8.36. The van der Waals surface area contributed by atoms with E-state index >= 15 is 0 Å². The zero-order valence-electron chi connectivity index (χ0n) is 29.4. The Balaban J connectivity index is 0.968. The Bertz CT molecular complexity index is 1860. The maximum Gasteiger partial charge on any atom is 0.274 e. The van der Waals surface area contributed by atoms with E-state index < -0.39 is 0 Å². The summed E-state index contributed by atoms with van der Waals surface area (Å²) >= 11 is 13.6. The SMILES string of the molecule is C=Cc1c(-c2cc(Cl)c(CN3CCN(C(=O)CN4CCC(c5ccc(NC6CCC(=C)NC6=O)cc5)CC4)CC3)cc2Cl)cn(C)c(=O)c1NC. The lowest BCUT2D eigenvalue weighted by Crippen LogP contribution is -2.51. The predicted octanol–water partition coefficient (Wildman–Crippen LogP) is 5.77. The van der Waals surface area contributed by atoms with Crippen molar-refractivity contribution in [1.29, 1.82) is 0 Å². The molecule has 6 rings (SSSR count). The smallest absolute Gasteiger partial charge is 0.274 e. The third-order valence-electron chi connectivity index (χ3n) is 10.4. The molecule has 12 heteroatoms. The van der Waals surface area contributed by atoms with Crippen LogP contribution in [-0.2, 0) is 23.2 Å². The molecule has 10 nitrogen and oxygen atoms in total. The molecule has 3 aromatic rings. The summed E-state index contributed by atoms with van der Waals surface area (Å²) in [4.78, 5) is 44.7. The van der Waals surface area contributed by atoms with Crippen LogP contribution in [0.2, 0.25) is 10.0 Å².